The first-order valence-corrected chi connectivity index (χ1v) is 9.86. The molecule has 5 heteroatoms. The molecule has 0 bridgehead atoms. The van der Waals surface area contributed by atoms with Gasteiger partial charge in [-0.2, -0.15) is 0 Å². The summed E-state index contributed by atoms with van der Waals surface area (Å²) >= 11 is 3.53. The van der Waals surface area contributed by atoms with Crippen LogP contribution in [0, 0.1) is 0 Å². The Balaban J connectivity index is 1.88. The predicted molar refractivity (Wildman–Crippen MR) is 109 cm³/mol. The van der Waals surface area contributed by atoms with Crippen molar-refractivity contribution in [1.29, 1.82) is 0 Å². The van der Waals surface area contributed by atoms with Crippen LogP contribution in [0.3, 0.4) is 0 Å². The molecule has 0 fully saturated rings. The minimum atomic E-state index is -0.255. The fourth-order valence-electron chi connectivity index (χ4n) is 3.06. The molecule has 142 valence electrons. The molecule has 27 heavy (non-hydrogen) atoms. The van der Waals surface area contributed by atoms with E-state index < -0.39 is 0 Å². The molecule has 0 amide bonds. The number of furan rings is 1. The van der Waals surface area contributed by atoms with Crippen molar-refractivity contribution in [3.63, 3.8) is 0 Å². The van der Waals surface area contributed by atoms with Crippen LogP contribution in [0.4, 0.5) is 0 Å². The van der Waals surface area contributed by atoms with Gasteiger partial charge in [-0.25, -0.2) is 0 Å². The molecule has 4 nitrogen and oxygen atoms in total. The molecule has 2 aromatic carbocycles. The van der Waals surface area contributed by atoms with E-state index in [9.17, 15) is 4.79 Å². The molecule has 0 aliphatic heterocycles. The van der Waals surface area contributed by atoms with Crippen LogP contribution in [0.5, 0.6) is 5.75 Å². The number of para-hydroxylation sites is 1. The van der Waals surface area contributed by atoms with Crippen molar-refractivity contribution in [3.05, 3.63) is 63.8 Å². The van der Waals surface area contributed by atoms with Crippen LogP contribution < -0.4 is 4.74 Å². The highest BCUT2D eigenvalue weighted by Crippen LogP contribution is 2.34. The number of carbonyl (C=O) groups is 1. The summed E-state index contributed by atoms with van der Waals surface area (Å²) in [5.74, 6) is 1.59. The second-order valence-corrected chi connectivity index (χ2v) is 7.53. The first kappa shape index (κ1) is 19.5. The minimum Gasteiger partial charge on any atom is -0.488 e. The van der Waals surface area contributed by atoms with Gasteiger partial charge in [-0.15, -0.1) is 0 Å². The molecule has 0 saturated carbocycles. The van der Waals surface area contributed by atoms with Crippen molar-refractivity contribution in [1.82, 2.24) is 0 Å². The summed E-state index contributed by atoms with van der Waals surface area (Å²) < 4.78 is 18.2. The van der Waals surface area contributed by atoms with Crippen molar-refractivity contribution in [2.45, 2.75) is 39.7 Å². The van der Waals surface area contributed by atoms with E-state index in [0.717, 1.165) is 32.3 Å². The Bertz CT molecular complexity index is 943. The van der Waals surface area contributed by atoms with Crippen molar-refractivity contribution >= 4 is 32.9 Å². The zero-order valence-corrected chi connectivity index (χ0v) is 17.3. The minimum absolute atomic E-state index is 0.193. The van der Waals surface area contributed by atoms with Gasteiger partial charge < -0.3 is 13.9 Å². The topological polar surface area (TPSA) is 48.7 Å². The Hall–Kier alpha value is -2.27. The van der Waals surface area contributed by atoms with E-state index in [1.54, 1.807) is 6.92 Å². The molecule has 1 aromatic heterocycles. The molecule has 0 atom stereocenters. The average molecular weight is 431 g/mol. The fourth-order valence-corrected chi connectivity index (χ4v) is 3.42. The SMILES string of the molecule is CCOC(=O)Cc1ccccc1OCc1c(C(C)C)oc2ccc(Br)cc12. The third-order valence-corrected chi connectivity index (χ3v) is 4.79. The smallest absolute Gasteiger partial charge is 0.310 e. The molecule has 1 heterocycles. The van der Waals surface area contributed by atoms with Crippen LogP contribution in [0.1, 0.15) is 43.6 Å². The van der Waals surface area contributed by atoms with E-state index >= 15 is 0 Å². The molecule has 0 aliphatic rings. The zero-order valence-electron chi connectivity index (χ0n) is 15.8. The number of hydrogen-bond acceptors (Lipinski definition) is 4. The second-order valence-electron chi connectivity index (χ2n) is 6.62. The first-order chi connectivity index (χ1) is 13.0. The molecule has 0 spiro atoms. The van der Waals surface area contributed by atoms with E-state index in [-0.39, 0.29) is 18.3 Å². The lowest BCUT2D eigenvalue weighted by molar-refractivity contribution is -0.142. The first-order valence-electron chi connectivity index (χ1n) is 9.06. The van der Waals surface area contributed by atoms with Gasteiger partial charge in [-0.3, -0.25) is 4.79 Å². The van der Waals surface area contributed by atoms with E-state index in [4.69, 9.17) is 13.9 Å². The lowest BCUT2D eigenvalue weighted by atomic mass is 10.0. The number of fused-ring (bicyclic) bond motifs is 1. The van der Waals surface area contributed by atoms with Crippen LogP contribution in [0.25, 0.3) is 11.0 Å². The van der Waals surface area contributed by atoms with Gasteiger partial charge in [0.15, 0.2) is 0 Å². The van der Waals surface area contributed by atoms with Gasteiger partial charge in [0, 0.05) is 26.9 Å². The molecule has 0 aliphatic carbocycles. The summed E-state index contributed by atoms with van der Waals surface area (Å²) in [5.41, 5.74) is 2.70. The highest BCUT2D eigenvalue weighted by Gasteiger charge is 2.18. The maximum atomic E-state index is 11.9. The molecular formula is C22H23BrO4. The van der Waals surface area contributed by atoms with E-state index in [1.165, 1.54) is 0 Å². The quantitative estimate of drug-likeness (QED) is 0.431. The van der Waals surface area contributed by atoms with Crippen LogP contribution in [0.15, 0.2) is 51.4 Å². The van der Waals surface area contributed by atoms with Crippen LogP contribution in [0.2, 0.25) is 0 Å². The largest absolute Gasteiger partial charge is 0.488 e. The molecule has 0 N–H and O–H groups in total. The Kier molecular flexibility index (Phi) is 6.22. The summed E-state index contributed by atoms with van der Waals surface area (Å²) in [6.45, 7) is 6.75. The van der Waals surface area contributed by atoms with Gasteiger partial charge in [0.2, 0.25) is 0 Å². The summed E-state index contributed by atoms with van der Waals surface area (Å²) in [6, 6.07) is 13.5. The third-order valence-electron chi connectivity index (χ3n) is 4.29. The van der Waals surface area contributed by atoms with Gasteiger partial charge in [0.1, 0.15) is 23.7 Å². The number of benzene rings is 2. The Morgan fingerprint density at radius 2 is 1.96 bits per heavy atom. The summed E-state index contributed by atoms with van der Waals surface area (Å²) in [6.07, 6.45) is 0.193. The van der Waals surface area contributed by atoms with Crippen molar-refractivity contribution in [2.75, 3.05) is 6.61 Å². The number of hydrogen-bond donors (Lipinski definition) is 0. The van der Waals surface area contributed by atoms with Gasteiger partial charge in [0.25, 0.3) is 0 Å². The highest BCUT2D eigenvalue weighted by molar-refractivity contribution is 9.10. The zero-order chi connectivity index (χ0) is 19.4. The maximum Gasteiger partial charge on any atom is 0.310 e. The van der Waals surface area contributed by atoms with Crippen LogP contribution in [-0.4, -0.2) is 12.6 Å². The average Bonchev–Trinajstić information content (AvgIpc) is 2.99. The van der Waals surface area contributed by atoms with Crippen molar-refractivity contribution in [2.24, 2.45) is 0 Å². The van der Waals surface area contributed by atoms with Gasteiger partial charge in [-0.05, 0) is 31.2 Å². The number of halogens is 1. The number of ether oxygens (including phenoxy) is 2. The number of esters is 1. The van der Waals surface area contributed by atoms with E-state index in [0.29, 0.717) is 19.0 Å². The Morgan fingerprint density at radius 1 is 1.19 bits per heavy atom. The predicted octanol–water partition coefficient (Wildman–Crippen LogP) is 6.00. The maximum absolute atomic E-state index is 11.9. The molecule has 3 aromatic rings. The van der Waals surface area contributed by atoms with Gasteiger partial charge in [0.05, 0.1) is 13.0 Å². The summed E-state index contributed by atoms with van der Waals surface area (Å²) in [7, 11) is 0. The molecule has 0 saturated heterocycles. The van der Waals surface area contributed by atoms with Crippen molar-refractivity contribution < 1.29 is 18.7 Å². The molecule has 0 unspecified atom stereocenters. The monoisotopic (exact) mass is 430 g/mol. The normalized spacial score (nSPS) is 11.1. The Labute approximate surface area is 167 Å². The molecule has 0 radical (unpaired) electrons. The van der Waals surface area contributed by atoms with Crippen LogP contribution >= 0.6 is 15.9 Å². The lowest BCUT2D eigenvalue weighted by Crippen LogP contribution is -2.09. The highest BCUT2D eigenvalue weighted by atomic mass is 79.9. The van der Waals surface area contributed by atoms with Gasteiger partial charge >= 0.3 is 5.97 Å². The second kappa shape index (κ2) is 8.61. The van der Waals surface area contributed by atoms with Crippen LogP contribution in [-0.2, 0) is 22.6 Å². The van der Waals surface area contributed by atoms with Crippen molar-refractivity contribution in [3.8, 4) is 5.75 Å². The van der Waals surface area contributed by atoms with Gasteiger partial charge in [-0.1, -0.05) is 48.0 Å². The lowest BCUT2D eigenvalue weighted by Gasteiger charge is -2.12. The summed E-state index contributed by atoms with van der Waals surface area (Å²) in [5, 5.41) is 1.04. The summed E-state index contributed by atoms with van der Waals surface area (Å²) in [4.78, 5) is 11.9. The fraction of sp³-hybridized carbons (Fsp3) is 0.318. The third kappa shape index (κ3) is 4.53. The standard InChI is InChI=1S/C22H23BrO4/c1-4-25-21(24)11-15-7-5-6-8-19(15)26-13-18-17-12-16(23)9-10-20(17)27-22(18)14(2)3/h5-10,12,14H,4,11,13H2,1-3H3. The van der Waals surface area contributed by atoms with E-state index in [1.807, 2.05) is 42.5 Å². The molecule has 3 rings (SSSR count). The number of carbonyl (C=O) groups excluding carboxylic acids is 1. The van der Waals surface area contributed by atoms with E-state index in [2.05, 4.69) is 29.8 Å². The number of rotatable bonds is 7. The Morgan fingerprint density at radius 3 is 2.70 bits per heavy atom. The molecular weight excluding hydrogens is 408 g/mol.